The van der Waals surface area contributed by atoms with E-state index in [1.54, 1.807) is 0 Å². The van der Waals surface area contributed by atoms with Crippen LogP contribution in [0.4, 0.5) is 5.69 Å². The minimum atomic E-state index is -1.56. The second-order valence-corrected chi connectivity index (χ2v) is 2.67. The Morgan fingerprint density at radius 1 is 1.64 bits per heavy atom. The van der Waals surface area contributed by atoms with Gasteiger partial charge in [-0.15, -0.1) is 0 Å². The smallest absolute Gasteiger partial charge is 0.349 e. The van der Waals surface area contributed by atoms with E-state index >= 15 is 0 Å². The molecule has 0 bridgehead atoms. The van der Waals surface area contributed by atoms with Gasteiger partial charge in [-0.1, -0.05) is 0 Å². The molecule has 0 aliphatic heterocycles. The van der Waals surface area contributed by atoms with Gasteiger partial charge in [-0.2, -0.15) is 4.73 Å². The van der Waals surface area contributed by atoms with Crippen LogP contribution in [-0.2, 0) is 0 Å². The van der Waals surface area contributed by atoms with Crippen molar-refractivity contribution in [1.29, 1.82) is 0 Å². The summed E-state index contributed by atoms with van der Waals surface area (Å²) in [6.45, 7) is 0. The zero-order valence-corrected chi connectivity index (χ0v) is 7.26. The summed E-state index contributed by atoms with van der Waals surface area (Å²) < 4.78 is 0.0397. The second kappa shape index (κ2) is 3.46. The average Bonchev–Trinajstić information content (AvgIpc) is 2.08. The molecule has 0 unspecified atom stereocenters. The largest absolute Gasteiger partial charge is 0.618 e. The van der Waals surface area contributed by atoms with Crippen LogP contribution in [0, 0.1) is 15.3 Å². The van der Waals surface area contributed by atoms with Gasteiger partial charge in [-0.05, 0) is 11.6 Å². The number of hydrogen-bond donors (Lipinski definition) is 1. The maximum Gasteiger partial charge on any atom is 0.349 e. The van der Waals surface area contributed by atoms with Crippen LogP contribution in [-0.4, -0.2) is 16.0 Å². The van der Waals surface area contributed by atoms with Crippen molar-refractivity contribution in [3.8, 4) is 0 Å². The molecule has 74 valence electrons. The summed E-state index contributed by atoms with van der Waals surface area (Å²) in [5.41, 5.74) is -1.41. The fourth-order valence-electron chi connectivity index (χ4n) is 0.815. The van der Waals surface area contributed by atoms with Gasteiger partial charge in [0.25, 0.3) is 10.8 Å². The third kappa shape index (κ3) is 1.72. The summed E-state index contributed by atoms with van der Waals surface area (Å²) in [6, 6.07) is 0.692. The van der Waals surface area contributed by atoms with Gasteiger partial charge >= 0.3 is 5.97 Å². The number of pyridine rings is 1. The number of rotatable bonds is 2. The molecule has 0 radical (unpaired) electrons. The quantitative estimate of drug-likeness (QED) is 0.257. The van der Waals surface area contributed by atoms with Gasteiger partial charge in [0.15, 0.2) is 0 Å². The van der Waals surface area contributed by atoms with E-state index in [-0.39, 0.29) is 4.73 Å². The lowest BCUT2D eigenvalue weighted by atomic mass is 10.2. The summed E-state index contributed by atoms with van der Waals surface area (Å²) >= 11 is 5.29. The van der Waals surface area contributed by atoms with Crippen LogP contribution in [0.25, 0.3) is 0 Å². The number of halogens is 1. The number of carboxylic acid groups (broad SMARTS) is 1. The van der Waals surface area contributed by atoms with Crippen LogP contribution in [0.1, 0.15) is 10.4 Å². The number of aromatic nitrogens is 1. The molecule has 0 amide bonds. The maximum atomic E-state index is 10.8. The molecule has 1 heterocycles. The van der Waals surface area contributed by atoms with E-state index in [2.05, 4.69) is 0 Å². The molecular weight excluding hydrogens is 216 g/mol. The molecular formula is C6H3ClN2O5. The van der Waals surface area contributed by atoms with Gasteiger partial charge in [-0.25, -0.2) is 4.79 Å². The average molecular weight is 219 g/mol. The first-order valence-corrected chi connectivity index (χ1v) is 3.61. The van der Waals surface area contributed by atoms with Crippen LogP contribution >= 0.6 is 11.6 Å². The Labute approximate surface area is 81.9 Å². The Morgan fingerprint density at radius 2 is 2.21 bits per heavy atom. The van der Waals surface area contributed by atoms with Crippen LogP contribution in [0.15, 0.2) is 12.3 Å². The highest BCUT2D eigenvalue weighted by Crippen LogP contribution is 2.19. The lowest BCUT2D eigenvalue weighted by Crippen LogP contribution is -2.29. The zero-order chi connectivity index (χ0) is 10.9. The van der Waals surface area contributed by atoms with Crippen molar-refractivity contribution in [3.05, 3.63) is 38.3 Å². The maximum absolute atomic E-state index is 10.8. The molecule has 1 rings (SSSR count). The summed E-state index contributed by atoms with van der Waals surface area (Å²) in [5.74, 6) is -1.56. The minimum absolute atomic E-state index is 0.0397. The third-order valence-electron chi connectivity index (χ3n) is 1.42. The van der Waals surface area contributed by atoms with Gasteiger partial charge in [-0.3, -0.25) is 10.1 Å². The molecule has 1 N–H and O–H groups in total. The normalized spacial score (nSPS) is 9.79. The molecule has 0 aliphatic carbocycles. The predicted octanol–water partition coefficient (Wildman–Crippen LogP) is 0.580. The monoisotopic (exact) mass is 218 g/mol. The Bertz CT molecular complexity index is 380. The topological polar surface area (TPSA) is 107 Å². The van der Waals surface area contributed by atoms with Crippen molar-refractivity contribution in [2.45, 2.75) is 0 Å². The zero-order valence-electron chi connectivity index (χ0n) is 6.51. The number of nitro groups is 1. The first kappa shape index (κ1) is 10.2. The van der Waals surface area contributed by atoms with E-state index in [1.807, 2.05) is 0 Å². The Morgan fingerprint density at radius 3 is 2.64 bits per heavy atom. The molecule has 8 heteroatoms. The summed E-state index contributed by atoms with van der Waals surface area (Å²) in [7, 11) is 0. The number of carbonyl (C=O) groups is 1. The highest BCUT2D eigenvalue weighted by Gasteiger charge is 2.25. The molecule has 0 aromatic carbocycles. The van der Waals surface area contributed by atoms with Crippen LogP contribution in [0.2, 0.25) is 5.15 Å². The minimum Gasteiger partial charge on any atom is -0.618 e. The van der Waals surface area contributed by atoms with Gasteiger partial charge in [0, 0.05) is 0 Å². The van der Waals surface area contributed by atoms with Gasteiger partial charge < -0.3 is 10.3 Å². The Hall–Kier alpha value is -1.89. The Kier molecular flexibility index (Phi) is 2.52. The molecule has 0 saturated carbocycles. The molecule has 14 heavy (non-hydrogen) atoms. The van der Waals surface area contributed by atoms with E-state index in [1.165, 1.54) is 0 Å². The Balaban J connectivity index is 3.46. The molecule has 1 aromatic heterocycles. The molecule has 7 nitrogen and oxygen atoms in total. The molecule has 1 aromatic rings. The van der Waals surface area contributed by atoms with E-state index in [0.717, 1.165) is 0 Å². The summed E-state index contributed by atoms with van der Waals surface area (Å²) in [4.78, 5) is 19.9. The first-order valence-electron chi connectivity index (χ1n) is 3.24. The highest BCUT2D eigenvalue weighted by molar-refractivity contribution is 6.28. The van der Waals surface area contributed by atoms with Gasteiger partial charge in [0.1, 0.15) is 6.07 Å². The van der Waals surface area contributed by atoms with Crippen molar-refractivity contribution in [2.24, 2.45) is 0 Å². The molecule has 0 saturated heterocycles. The van der Waals surface area contributed by atoms with E-state index in [4.69, 9.17) is 16.7 Å². The fourth-order valence-corrected chi connectivity index (χ4v) is 0.967. The van der Waals surface area contributed by atoms with Crippen molar-refractivity contribution >= 4 is 23.3 Å². The first-order chi connectivity index (χ1) is 6.43. The van der Waals surface area contributed by atoms with Crippen molar-refractivity contribution in [1.82, 2.24) is 0 Å². The lowest BCUT2D eigenvalue weighted by Gasteiger charge is -2.00. The van der Waals surface area contributed by atoms with Crippen molar-refractivity contribution in [3.63, 3.8) is 0 Å². The van der Waals surface area contributed by atoms with E-state index < -0.39 is 27.3 Å². The highest BCUT2D eigenvalue weighted by atomic mass is 35.5. The number of hydrogen-bond acceptors (Lipinski definition) is 4. The standard InChI is InChI=1S/C6H3ClN2O5/c7-5-1-4(9(13)14)3(6(10)11)2-8(5)12/h1-2H,(H,10,11). The molecule has 0 aliphatic rings. The summed E-state index contributed by atoms with van der Waals surface area (Å²) in [5, 5.41) is 29.3. The number of aromatic carboxylic acids is 1. The van der Waals surface area contributed by atoms with E-state index in [0.29, 0.717) is 12.3 Å². The number of nitrogens with zero attached hydrogens (tertiary/aromatic N) is 2. The van der Waals surface area contributed by atoms with Crippen LogP contribution in [0.5, 0.6) is 0 Å². The van der Waals surface area contributed by atoms with E-state index in [9.17, 15) is 20.1 Å². The second-order valence-electron chi connectivity index (χ2n) is 2.28. The molecule has 0 spiro atoms. The van der Waals surface area contributed by atoms with Crippen LogP contribution in [0.3, 0.4) is 0 Å². The lowest BCUT2D eigenvalue weighted by molar-refractivity contribution is -0.603. The number of carboxylic acids is 1. The summed E-state index contributed by atoms with van der Waals surface area (Å²) in [6.07, 6.45) is 0.544. The van der Waals surface area contributed by atoms with Crippen molar-refractivity contribution in [2.75, 3.05) is 0 Å². The van der Waals surface area contributed by atoms with Crippen LogP contribution < -0.4 is 4.73 Å². The van der Waals surface area contributed by atoms with Gasteiger partial charge in [0.2, 0.25) is 11.8 Å². The fraction of sp³-hybridized carbons (Fsp3) is 0. The predicted molar refractivity (Wildman–Crippen MR) is 44.0 cm³/mol. The SMILES string of the molecule is O=C(O)c1c[n+]([O-])c(Cl)cc1[N+](=O)[O-]. The third-order valence-corrected chi connectivity index (χ3v) is 1.69. The van der Waals surface area contributed by atoms with Crippen molar-refractivity contribution < 1.29 is 19.6 Å². The van der Waals surface area contributed by atoms with Gasteiger partial charge in [0.05, 0.1) is 4.92 Å². The molecule has 0 atom stereocenters. The molecule has 0 fully saturated rings.